The molecule has 3 aromatic rings. The first-order chi connectivity index (χ1) is 9.63. The van der Waals surface area contributed by atoms with E-state index in [1.165, 1.54) is 27.3 Å². The number of carbonyl (C=O) groups is 1. The van der Waals surface area contributed by atoms with Crippen LogP contribution in [0.25, 0.3) is 20.2 Å². The zero-order chi connectivity index (χ0) is 14.1. The van der Waals surface area contributed by atoms with Crippen molar-refractivity contribution in [1.82, 2.24) is 0 Å². The average Bonchev–Trinajstić information content (AvgIpc) is 3.08. The minimum absolute atomic E-state index is 0.380. The number of rotatable bonds is 3. The van der Waals surface area contributed by atoms with Gasteiger partial charge in [0.15, 0.2) is 0 Å². The second-order valence-electron chi connectivity index (χ2n) is 4.50. The van der Waals surface area contributed by atoms with Gasteiger partial charge in [0, 0.05) is 14.6 Å². The number of aryl methyl sites for hydroxylation is 1. The Kier molecular flexibility index (Phi) is 3.42. The fraction of sp³-hybridized carbons (Fsp3) is 0.0625. The van der Waals surface area contributed by atoms with Gasteiger partial charge in [0.1, 0.15) is 4.88 Å². The first-order valence-electron chi connectivity index (χ1n) is 6.14. The summed E-state index contributed by atoms with van der Waals surface area (Å²) in [4.78, 5) is 14.6. The van der Waals surface area contributed by atoms with Gasteiger partial charge < -0.3 is 5.11 Å². The standard InChI is InChI=1S/C16H12O2S2/c1-10-3-2-4-11(9-10)12-5-6-13(19-12)14-7-8-15(20-14)16(17)18/h2-9H,1H3,(H,17,18). The molecule has 1 aromatic carbocycles. The molecule has 0 aliphatic carbocycles. The average molecular weight is 300 g/mol. The lowest BCUT2D eigenvalue weighted by Gasteiger charge is -1.98. The van der Waals surface area contributed by atoms with Crippen molar-refractivity contribution in [3.63, 3.8) is 0 Å². The number of thiophene rings is 2. The van der Waals surface area contributed by atoms with E-state index < -0.39 is 5.97 Å². The SMILES string of the molecule is Cc1cccc(-c2ccc(-c3ccc(C(=O)O)s3)s2)c1. The summed E-state index contributed by atoms with van der Waals surface area (Å²) in [6.07, 6.45) is 0. The highest BCUT2D eigenvalue weighted by molar-refractivity contribution is 7.24. The zero-order valence-electron chi connectivity index (χ0n) is 10.8. The number of hydrogen-bond donors (Lipinski definition) is 1. The van der Waals surface area contributed by atoms with Crippen molar-refractivity contribution in [2.24, 2.45) is 0 Å². The van der Waals surface area contributed by atoms with Crippen LogP contribution in [0.2, 0.25) is 0 Å². The monoisotopic (exact) mass is 300 g/mol. The topological polar surface area (TPSA) is 37.3 Å². The summed E-state index contributed by atoms with van der Waals surface area (Å²) in [6.45, 7) is 2.08. The maximum absolute atomic E-state index is 10.9. The smallest absolute Gasteiger partial charge is 0.345 e. The molecule has 2 heterocycles. The van der Waals surface area contributed by atoms with Crippen LogP contribution in [0.4, 0.5) is 0 Å². The van der Waals surface area contributed by atoms with Gasteiger partial charge in [-0.25, -0.2) is 4.79 Å². The summed E-state index contributed by atoms with van der Waals surface area (Å²) < 4.78 is 0. The molecule has 0 unspecified atom stereocenters. The number of benzene rings is 1. The lowest BCUT2D eigenvalue weighted by Crippen LogP contribution is -1.89. The van der Waals surface area contributed by atoms with Gasteiger partial charge in [0.05, 0.1) is 0 Å². The van der Waals surface area contributed by atoms with E-state index in [0.717, 1.165) is 9.75 Å². The van der Waals surface area contributed by atoms with Gasteiger partial charge in [0.25, 0.3) is 0 Å². The maximum atomic E-state index is 10.9. The molecule has 0 saturated heterocycles. The number of carboxylic acid groups (broad SMARTS) is 1. The molecule has 0 aliphatic rings. The van der Waals surface area contributed by atoms with E-state index in [1.54, 1.807) is 17.4 Å². The van der Waals surface area contributed by atoms with Crippen molar-refractivity contribution in [3.8, 4) is 20.2 Å². The third-order valence-corrected chi connectivity index (χ3v) is 5.37. The fourth-order valence-electron chi connectivity index (χ4n) is 2.01. The van der Waals surface area contributed by atoms with Crippen molar-refractivity contribution in [2.45, 2.75) is 6.92 Å². The predicted octanol–water partition coefficient (Wildman–Crippen LogP) is 5.15. The van der Waals surface area contributed by atoms with E-state index >= 15 is 0 Å². The number of hydrogen-bond acceptors (Lipinski definition) is 3. The molecule has 0 aliphatic heterocycles. The molecule has 1 N–H and O–H groups in total. The molecular weight excluding hydrogens is 288 g/mol. The molecule has 3 rings (SSSR count). The molecule has 2 nitrogen and oxygen atoms in total. The lowest BCUT2D eigenvalue weighted by atomic mass is 10.1. The van der Waals surface area contributed by atoms with Gasteiger partial charge in [-0.1, -0.05) is 29.8 Å². The summed E-state index contributed by atoms with van der Waals surface area (Å²) in [6, 6.07) is 16.1. The molecule has 0 bridgehead atoms. The van der Waals surface area contributed by atoms with E-state index in [1.807, 2.05) is 6.07 Å². The van der Waals surface area contributed by atoms with Gasteiger partial charge in [-0.15, -0.1) is 22.7 Å². The second kappa shape index (κ2) is 5.23. The summed E-state index contributed by atoms with van der Waals surface area (Å²) in [5.74, 6) is -0.864. The third kappa shape index (κ3) is 2.53. The van der Waals surface area contributed by atoms with Gasteiger partial charge >= 0.3 is 5.97 Å². The molecule has 0 saturated carbocycles. The van der Waals surface area contributed by atoms with Gasteiger partial charge in [-0.2, -0.15) is 0 Å². The second-order valence-corrected chi connectivity index (χ2v) is 6.67. The number of aromatic carboxylic acids is 1. The summed E-state index contributed by atoms with van der Waals surface area (Å²) >= 11 is 3.01. The third-order valence-electron chi connectivity index (χ3n) is 2.97. The normalized spacial score (nSPS) is 10.7. The first kappa shape index (κ1) is 13.1. The Morgan fingerprint density at radius 1 is 0.950 bits per heavy atom. The first-order valence-corrected chi connectivity index (χ1v) is 7.77. The van der Waals surface area contributed by atoms with Crippen LogP contribution in [-0.2, 0) is 0 Å². The Morgan fingerprint density at radius 2 is 1.65 bits per heavy atom. The van der Waals surface area contributed by atoms with E-state index in [4.69, 9.17) is 5.11 Å². The van der Waals surface area contributed by atoms with Gasteiger partial charge in [0.2, 0.25) is 0 Å². The van der Waals surface area contributed by atoms with Crippen molar-refractivity contribution >= 4 is 28.6 Å². The maximum Gasteiger partial charge on any atom is 0.345 e. The zero-order valence-corrected chi connectivity index (χ0v) is 12.4. The molecule has 2 aromatic heterocycles. The molecule has 4 heteroatoms. The summed E-state index contributed by atoms with van der Waals surface area (Å²) in [7, 11) is 0. The van der Waals surface area contributed by atoms with E-state index in [-0.39, 0.29) is 0 Å². The summed E-state index contributed by atoms with van der Waals surface area (Å²) in [5, 5.41) is 8.97. The predicted molar refractivity (Wildman–Crippen MR) is 84.8 cm³/mol. The Hall–Kier alpha value is -1.91. The Labute approximate surface area is 125 Å². The van der Waals surface area contributed by atoms with Crippen LogP contribution < -0.4 is 0 Å². The van der Waals surface area contributed by atoms with E-state index in [0.29, 0.717) is 4.88 Å². The highest BCUT2D eigenvalue weighted by atomic mass is 32.1. The number of carboxylic acids is 1. The summed E-state index contributed by atoms with van der Waals surface area (Å²) in [5.41, 5.74) is 2.44. The van der Waals surface area contributed by atoms with Crippen LogP contribution in [-0.4, -0.2) is 11.1 Å². The van der Waals surface area contributed by atoms with Crippen LogP contribution in [0.15, 0.2) is 48.5 Å². The minimum Gasteiger partial charge on any atom is -0.477 e. The van der Waals surface area contributed by atoms with Crippen LogP contribution in [0, 0.1) is 6.92 Å². The Morgan fingerprint density at radius 3 is 2.35 bits per heavy atom. The largest absolute Gasteiger partial charge is 0.477 e. The van der Waals surface area contributed by atoms with Crippen molar-refractivity contribution in [1.29, 1.82) is 0 Å². The van der Waals surface area contributed by atoms with Crippen LogP contribution >= 0.6 is 22.7 Å². The molecule has 0 amide bonds. The lowest BCUT2D eigenvalue weighted by molar-refractivity contribution is 0.0702. The molecule has 0 fully saturated rings. The van der Waals surface area contributed by atoms with Crippen LogP contribution in [0.1, 0.15) is 15.2 Å². The minimum atomic E-state index is -0.864. The van der Waals surface area contributed by atoms with Crippen LogP contribution in [0.3, 0.4) is 0 Å². The van der Waals surface area contributed by atoms with E-state index in [2.05, 4.69) is 43.3 Å². The Balaban J connectivity index is 1.95. The quantitative estimate of drug-likeness (QED) is 0.726. The molecule has 0 atom stereocenters. The Bertz CT molecular complexity index is 768. The highest BCUT2D eigenvalue weighted by Crippen LogP contribution is 2.37. The van der Waals surface area contributed by atoms with Gasteiger partial charge in [-0.05, 0) is 36.8 Å². The van der Waals surface area contributed by atoms with Crippen molar-refractivity contribution in [2.75, 3.05) is 0 Å². The molecule has 100 valence electrons. The molecular formula is C16H12O2S2. The fourth-order valence-corrected chi connectivity index (χ4v) is 3.95. The molecule has 0 spiro atoms. The molecule has 0 radical (unpaired) electrons. The van der Waals surface area contributed by atoms with Gasteiger partial charge in [-0.3, -0.25) is 0 Å². The highest BCUT2D eigenvalue weighted by Gasteiger charge is 2.10. The van der Waals surface area contributed by atoms with E-state index in [9.17, 15) is 4.79 Å². The molecule has 20 heavy (non-hydrogen) atoms. The van der Waals surface area contributed by atoms with Crippen LogP contribution in [0.5, 0.6) is 0 Å². The van der Waals surface area contributed by atoms with Crippen molar-refractivity contribution < 1.29 is 9.90 Å². The van der Waals surface area contributed by atoms with Crippen molar-refractivity contribution in [3.05, 3.63) is 59.0 Å².